The maximum Gasteiger partial charge on any atom is 0.0363 e. The normalized spacial score (nSPS) is 20.9. The molecule has 0 unspecified atom stereocenters. The van der Waals surface area contributed by atoms with Crippen LogP contribution in [0.3, 0.4) is 0 Å². The summed E-state index contributed by atoms with van der Waals surface area (Å²) < 4.78 is 0. The quantitative estimate of drug-likeness (QED) is 0.570. The number of hydrogen-bond acceptors (Lipinski definition) is 2. The SMILES string of the molecule is C=C(C(C)=N)[C@H]1CCCN1CC(C)=C(C)C. The molecule has 1 aliphatic rings. The molecule has 0 bridgehead atoms. The minimum atomic E-state index is 0.395. The number of hydrogen-bond donors (Lipinski definition) is 1. The minimum Gasteiger partial charge on any atom is -0.305 e. The summed E-state index contributed by atoms with van der Waals surface area (Å²) in [6.07, 6.45) is 2.39. The molecular weight excluding hydrogens is 196 g/mol. The van der Waals surface area contributed by atoms with E-state index >= 15 is 0 Å². The Labute approximate surface area is 99.5 Å². The summed E-state index contributed by atoms with van der Waals surface area (Å²) in [5.41, 5.74) is 4.48. The van der Waals surface area contributed by atoms with Crippen LogP contribution in [0.25, 0.3) is 0 Å². The van der Waals surface area contributed by atoms with Gasteiger partial charge in [-0.2, -0.15) is 0 Å². The molecule has 1 aliphatic heterocycles. The van der Waals surface area contributed by atoms with Gasteiger partial charge in [-0.05, 0) is 52.7 Å². The minimum absolute atomic E-state index is 0.395. The molecule has 0 saturated carbocycles. The van der Waals surface area contributed by atoms with Crippen molar-refractivity contribution in [3.63, 3.8) is 0 Å². The van der Waals surface area contributed by atoms with Crippen LogP contribution in [0.15, 0.2) is 23.3 Å². The summed E-state index contributed by atoms with van der Waals surface area (Å²) in [6.45, 7) is 14.6. The van der Waals surface area contributed by atoms with E-state index in [1.165, 1.54) is 17.6 Å². The van der Waals surface area contributed by atoms with Gasteiger partial charge in [0.25, 0.3) is 0 Å². The highest BCUT2D eigenvalue weighted by atomic mass is 15.2. The predicted molar refractivity (Wildman–Crippen MR) is 71.2 cm³/mol. The summed E-state index contributed by atoms with van der Waals surface area (Å²) in [5, 5.41) is 7.68. The van der Waals surface area contributed by atoms with Crippen molar-refractivity contribution in [2.75, 3.05) is 13.1 Å². The smallest absolute Gasteiger partial charge is 0.0363 e. The molecule has 16 heavy (non-hydrogen) atoms. The van der Waals surface area contributed by atoms with Gasteiger partial charge in [-0.1, -0.05) is 17.7 Å². The molecule has 1 fully saturated rings. The molecule has 90 valence electrons. The van der Waals surface area contributed by atoms with Gasteiger partial charge in [-0.3, -0.25) is 4.90 Å². The van der Waals surface area contributed by atoms with Crippen molar-refractivity contribution in [1.82, 2.24) is 4.90 Å². The third-order valence-corrected chi connectivity index (χ3v) is 3.54. The molecule has 0 spiro atoms. The van der Waals surface area contributed by atoms with Crippen molar-refractivity contribution in [1.29, 1.82) is 5.41 Å². The lowest BCUT2D eigenvalue weighted by Crippen LogP contribution is -2.34. The lowest BCUT2D eigenvalue weighted by Gasteiger charge is -2.26. The van der Waals surface area contributed by atoms with Crippen molar-refractivity contribution in [3.8, 4) is 0 Å². The summed E-state index contributed by atoms with van der Waals surface area (Å²) in [6, 6.07) is 0.395. The third-order valence-electron chi connectivity index (χ3n) is 3.54. The number of nitrogens with one attached hydrogen (secondary N) is 1. The molecule has 0 aliphatic carbocycles. The van der Waals surface area contributed by atoms with E-state index in [9.17, 15) is 0 Å². The summed E-state index contributed by atoms with van der Waals surface area (Å²) in [4.78, 5) is 2.46. The molecule has 2 nitrogen and oxygen atoms in total. The van der Waals surface area contributed by atoms with E-state index in [-0.39, 0.29) is 0 Å². The molecular formula is C14H24N2. The molecule has 0 aromatic rings. The first kappa shape index (κ1) is 13.2. The van der Waals surface area contributed by atoms with Gasteiger partial charge in [0.1, 0.15) is 0 Å². The fourth-order valence-electron chi connectivity index (χ4n) is 2.12. The van der Waals surface area contributed by atoms with E-state index in [0.29, 0.717) is 11.8 Å². The molecule has 0 aromatic heterocycles. The monoisotopic (exact) mass is 220 g/mol. The van der Waals surface area contributed by atoms with E-state index in [2.05, 4.69) is 32.3 Å². The standard InChI is InChI=1S/C14H24N2/c1-10(2)11(3)9-16-8-6-7-14(16)12(4)13(5)15/h14-15H,4,6-9H2,1-3,5H3/t14-/m1/s1. The molecule has 0 amide bonds. The van der Waals surface area contributed by atoms with Crippen LogP contribution < -0.4 is 0 Å². The van der Waals surface area contributed by atoms with Gasteiger partial charge >= 0.3 is 0 Å². The van der Waals surface area contributed by atoms with Gasteiger partial charge in [-0.15, -0.1) is 0 Å². The Balaban J connectivity index is 2.70. The molecule has 1 rings (SSSR count). The van der Waals surface area contributed by atoms with Crippen LogP contribution in [0.5, 0.6) is 0 Å². The second-order valence-electron chi connectivity index (χ2n) is 5.06. The molecule has 1 N–H and O–H groups in total. The van der Waals surface area contributed by atoms with Gasteiger partial charge in [0.05, 0.1) is 0 Å². The van der Waals surface area contributed by atoms with Crippen molar-refractivity contribution in [2.24, 2.45) is 0 Å². The zero-order valence-electron chi connectivity index (χ0n) is 11.1. The Morgan fingerprint density at radius 3 is 2.44 bits per heavy atom. The van der Waals surface area contributed by atoms with E-state index in [0.717, 1.165) is 25.1 Å². The Kier molecular flexibility index (Phi) is 4.48. The van der Waals surface area contributed by atoms with Crippen LogP contribution in [0.2, 0.25) is 0 Å². The highest BCUT2D eigenvalue weighted by molar-refractivity contribution is 5.96. The summed E-state index contributed by atoms with van der Waals surface area (Å²) in [7, 11) is 0. The van der Waals surface area contributed by atoms with Crippen LogP contribution in [0, 0.1) is 5.41 Å². The van der Waals surface area contributed by atoms with E-state index in [1.807, 2.05) is 6.92 Å². The second-order valence-corrected chi connectivity index (χ2v) is 5.06. The van der Waals surface area contributed by atoms with E-state index in [1.54, 1.807) is 0 Å². The lowest BCUT2D eigenvalue weighted by molar-refractivity contribution is 0.309. The van der Waals surface area contributed by atoms with Crippen molar-refractivity contribution >= 4 is 5.71 Å². The van der Waals surface area contributed by atoms with Crippen LogP contribution >= 0.6 is 0 Å². The second kappa shape index (κ2) is 5.44. The van der Waals surface area contributed by atoms with Gasteiger partial charge in [0, 0.05) is 18.3 Å². The molecule has 0 radical (unpaired) electrons. The number of likely N-dealkylation sites (tertiary alicyclic amines) is 1. The van der Waals surface area contributed by atoms with Crippen molar-refractivity contribution < 1.29 is 0 Å². The maximum absolute atomic E-state index is 7.68. The van der Waals surface area contributed by atoms with Crippen LogP contribution in [-0.2, 0) is 0 Å². The van der Waals surface area contributed by atoms with E-state index < -0.39 is 0 Å². The number of allylic oxidation sites excluding steroid dienone is 1. The largest absolute Gasteiger partial charge is 0.305 e. The van der Waals surface area contributed by atoms with Crippen LogP contribution in [0.1, 0.15) is 40.5 Å². The molecule has 1 atom stereocenters. The average molecular weight is 220 g/mol. The Hall–Kier alpha value is -0.890. The highest BCUT2D eigenvalue weighted by Crippen LogP contribution is 2.24. The molecule has 0 aromatic carbocycles. The Morgan fingerprint density at radius 1 is 1.31 bits per heavy atom. The summed E-state index contributed by atoms with van der Waals surface area (Å²) >= 11 is 0. The van der Waals surface area contributed by atoms with Crippen molar-refractivity contribution in [2.45, 2.75) is 46.6 Å². The molecule has 1 saturated heterocycles. The highest BCUT2D eigenvalue weighted by Gasteiger charge is 2.27. The first-order valence-corrected chi connectivity index (χ1v) is 6.04. The zero-order valence-corrected chi connectivity index (χ0v) is 11.1. The van der Waals surface area contributed by atoms with E-state index in [4.69, 9.17) is 5.41 Å². The molecule has 2 heteroatoms. The first-order valence-electron chi connectivity index (χ1n) is 6.04. The fourth-order valence-corrected chi connectivity index (χ4v) is 2.12. The van der Waals surface area contributed by atoms with Crippen LogP contribution in [-0.4, -0.2) is 29.7 Å². The first-order chi connectivity index (χ1) is 7.43. The Bertz CT molecular complexity index is 322. The third kappa shape index (κ3) is 3.05. The van der Waals surface area contributed by atoms with Gasteiger partial charge in [0.15, 0.2) is 0 Å². The number of nitrogens with zero attached hydrogens (tertiary/aromatic N) is 1. The maximum atomic E-state index is 7.68. The van der Waals surface area contributed by atoms with Crippen molar-refractivity contribution in [3.05, 3.63) is 23.3 Å². The fraction of sp³-hybridized carbons (Fsp3) is 0.643. The van der Waals surface area contributed by atoms with Crippen LogP contribution in [0.4, 0.5) is 0 Å². The zero-order chi connectivity index (χ0) is 12.3. The topological polar surface area (TPSA) is 27.1 Å². The number of rotatable bonds is 4. The lowest BCUT2D eigenvalue weighted by atomic mass is 10.0. The van der Waals surface area contributed by atoms with Gasteiger partial charge < -0.3 is 5.41 Å². The van der Waals surface area contributed by atoms with Gasteiger partial charge in [-0.25, -0.2) is 0 Å². The van der Waals surface area contributed by atoms with Gasteiger partial charge in [0.2, 0.25) is 0 Å². The molecule has 1 heterocycles. The predicted octanol–water partition coefficient (Wildman–Crippen LogP) is 3.40. The average Bonchev–Trinajstić information content (AvgIpc) is 2.64. The Morgan fingerprint density at radius 2 is 1.94 bits per heavy atom. The summed E-state index contributed by atoms with van der Waals surface area (Å²) in [5.74, 6) is 0.